The second-order valence-electron chi connectivity index (χ2n) is 5.44. The van der Waals surface area contributed by atoms with Crippen molar-refractivity contribution in [2.75, 3.05) is 36.8 Å². The summed E-state index contributed by atoms with van der Waals surface area (Å²) in [6, 6.07) is 4.77. The van der Waals surface area contributed by atoms with E-state index in [0.29, 0.717) is 23.5 Å². The zero-order valence-corrected chi connectivity index (χ0v) is 14.7. The zero-order valence-electron chi connectivity index (χ0n) is 14.7. The normalized spacial score (nSPS) is 10.4. The number of rotatable bonds is 8. The summed E-state index contributed by atoms with van der Waals surface area (Å²) in [5, 5.41) is 8.11. The van der Waals surface area contributed by atoms with Crippen molar-refractivity contribution >= 4 is 29.1 Å². The van der Waals surface area contributed by atoms with E-state index in [9.17, 15) is 14.4 Å². The average molecular weight is 334 g/mol. The summed E-state index contributed by atoms with van der Waals surface area (Å²) in [5.74, 6) is -0.744. The highest BCUT2D eigenvalue weighted by molar-refractivity contribution is 5.99. The van der Waals surface area contributed by atoms with Crippen molar-refractivity contribution in [3.05, 3.63) is 23.8 Å². The van der Waals surface area contributed by atoms with Crippen molar-refractivity contribution in [2.24, 2.45) is 0 Å². The minimum absolute atomic E-state index is 0.247. The highest BCUT2D eigenvalue weighted by Gasteiger charge is 2.10. The number of benzene rings is 1. The monoisotopic (exact) mass is 334 g/mol. The van der Waals surface area contributed by atoms with E-state index in [2.05, 4.69) is 34.7 Å². The molecule has 0 fully saturated rings. The van der Waals surface area contributed by atoms with E-state index in [-0.39, 0.29) is 17.7 Å². The van der Waals surface area contributed by atoms with Crippen molar-refractivity contribution in [3.63, 3.8) is 0 Å². The predicted octanol–water partition coefficient (Wildman–Crippen LogP) is 1.68. The minimum Gasteiger partial charge on any atom is -0.351 e. The molecule has 7 nitrogen and oxygen atoms in total. The van der Waals surface area contributed by atoms with Crippen LogP contribution in [0.25, 0.3) is 0 Å². The number of likely N-dealkylation sites (N-methyl/N-ethyl adjacent to an activating group) is 1. The number of carbonyl (C=O) groups excluding carboxylic acids is 3. The third-order valence-corrected chi connectivity index (χ3v) is 3.44. The summed E-state index contributed by atoms with van der Waals surface area (Å²) >= 11 is 0. The Kier molecular flexibility index (Phi) is 7.91. The van der Waals surface area contributed by atoms with E-state index in [1.807, 2.05) is 0 Å². The third-order valence-electron chi connectivity index (χ3n) is 3.44. The Morgan fingerprint density at radius 2 is 1.42 bits per heavy atom. The fourth-order valence-corrected chi connectivity index (χ4v) is 2.28. The van der Waals surface area contributed by atoms with Gasteiger partial charge in [0.05, 0.1) is 0 Å². The van der Waals surface area contributed by atoms with Crippen LogP contribution in [-0.4, -0.2) is 48.8 Å². The topological polar surface area (TPSA) is 90.5 Å². The molecule has 3 amide bonds. The Labute approximate surface area is 142 Å². The van der Waals surface area contributed by atoms with Gasteiger partial charge in [0.2, 0.25) is 11.8 Å². The van der Waals surface area contributed by atoms with E-state index < -0.39 is 0 Å². The molecule has 24 heavy (non-hydrogen) atoms. The molecule has 0 radical (unpaired) electrons. The van der Waals surface area contributed by atoms with Crippen molar-refractivity contribution in [1.29, 1.82) is 0 Å². The number of anilines is 2. The van der Waals surface area contributed by atoms with Gasteiger partial charge >= 0.3 is 0 Å². The SMILES string of the molecule is CCN(CC)CCNC(=O)c1cc(NC(C)=O)cc(NC(C)=O)c1. The van der Waals surface area contributed by atoms with Crippen LogP contribution in [-0.2, 0) is 9.59 Å². The van der Waals surface area contributed by atoms with E-state index in [1.54, 1.807) is 18.2 Å². The molecule has 132 valence electrons. The van der Waals surface area contributed by atoms with Gasteiger partial charge in [0.15, 0.2) is 0 Å². The molecule has 3 N–H and O–H groups in total. The maximum atomic E-state index is 12.3. The van der Waals surface area contributed by atoms with Gasteiger partial charge in [-0.3, -0.25) is 14.4 Å². The van der Waals surface area contributed by atoms with Crippen molar-refractivity contribution in [2.45, 2.75) is 27.7 Å². The van der Waals surface area contributed by atoms with E-state index in [1.165, 1.54) is 13.8 Å². The van der Waals surface area contributed by atoms with E-state index in [0.717, 1.165) is 19.6 Å². The number of carbonyl (C=O) groups is 3. The first-order valence-electron chi connectivity index (χ1n) is 8.06. The van der Waals surface area contributed by atoms with E-state index in [4.69, 9.17) is 0 Å². The third kappa shape index (κ3) is 6.78. The van der Waals surface area contributed by atoms with Gasteiger partial charge < -0.3 is 20.9 Å². The maximum Gasteiger partial charge on any atom is 0.251 e. The Morgan fingerprint density at radius 3 is 1.83 bits per heavy atom. The lowest BCUT2D eigenvalue weighted by atomic mass is 10.1. The zero-order chi connectivity index (χ0) is 18.1. The van der Waals surface area contributed by atoms with Gasteiger partial charge in [0, 0.05) is 43.9 Å². The summed E-state index contributed by atoms with van der Waals surface area (Å²) < 4.78 is 0. The molecule has 0 bridgehead atoms. The Balaban J connectivity index is 2.84. The lowest BCUT2D eigenvalue weighted by Crippen LogP contribution is -2.34. The summed E-state index contributed by atoms with van der Waals surface area (Å²) in [5.41, 5.74) is 1.30. The van der Waals surface area contributed by atoms with Gasteiger partial charge in [-0.2, -0.15) is 0 Å². The van der Waals surface area contributed by atoms with Crippen LogP contribution in [0.15, 0.2) is 18.2 Å². The lowest BCUT2D eigenvalue weighted by molar-refractivity contribution is -0.115. The molecular formula is C17H26N4O3. The summed E-state index contributed by atoms with van der Waals surface area (Å²) in [6.07, 6.45) is 0. The molecule has 1 aromatic carbocycles. The van der Waals surface area contributed by atoms with Crippen LogP contribution >= 0.6 is 0 Å². The lowest BCUT2D eigenvalue weighted by Gasteiger charge is -2.18. The van der Waals surface area contributed by atoms with Gasteiger partial charge in [-0.25, -0.2) is 0 Å². The smallest absolute Gasteiger partial charge is 0.251 e. The molecule has 1 rings (SSSR count). The largest absolute Gasteiger partial charge is 0.351 e. The second-order valence-corrected chi connectivity index (χ2v) is 5.44. The molecule has 0 aliphatic carbocycles. The van der Waals surface area contributed by atoms with E-state index >= 15 is 0 Å². The first-order valence-corrected chi connectivity index (χ1v) is 8.06. The number of hydrogen-bond acceptors (Lipinski definition) is 4. The Hall–Kier alpha value is -2.41. The maximum absolute atomic E-state index is 12.3. The van der Waals surface area contributed by atoms with Crippen LogP contribution in [0.2, 0.25) is 0 Å². The minimum atomic E-state index is -0.249. The highest BCUT2D eigenvalue weighted by atomic mass is 16.2. The van der Waals surface area contributed by atoms with Crippen LogP contribution < -0.4 is 16.0 Å². The average Bonchev–Trinajstić information content (AvgIpc) is 2.49. The number of nitrogens with one attached hydrogen (secondary N) is 3. The summed E-state index contributed by atoms with van der Waals surface area (Å²) in [6.45, 7) is 10.1. The first kappa shape index (κ1) is 19.6. The summed E-state index contributed by atoms with van der Waals surface area (Å²) in [7, 11) is 0. The van der Waals surface area contributed by atoms with Gasteiger partial charge in [-0.15, -0.1) is 0 Å². The van der Waals surface area contributed by atoms with Gasteiger partial charge in [-0.05, 0) is 31.3 Å². The second kappa shape index (κ2) is 9.67. The molecule has 7 heteroatoms. The number of nitrogens with zero attached hydrogens (tertiary/aromatic N) is 1. The van der Waals surface area contributed by atoms with Gasteiger partial charge in [0.25, 0.3) is 5.91 Å². The van der Waals surface area contributed by atoms with Crippen LogP contribution in [0.4, 0.5) is 11.4 Å². The number of amides is 3. The van der Waals surface area contributed by atoms with Gasteiger partial charge in [0.1, 0.15) is 0 Å². The summed E-state index contributed by atoms with van der Waals surface area (Å²) in [4.78, 5) is 37.0. The standard InChI is InChI=1S/C17H26N4O3/c1-5-21(6-2)8-7-18-17(24)14-9-15(19-12(3)22)11-16(10-14)20-13(4)23/h9-11H,5-8H2,1-4H3,(H,18,24)(H,19,22)(H,20,23). The molecular weight excluding hydrogens is 308 g/mol. The fourth-order valence-electron chi connectivity index (χ4n) is 2.28. The van der Waals surface area contributed by atoms with Crippen molar-refractivity contribution < 1.29 is 14.4 Å². The first-order chi connectivity index (χ1) is 11.3. The molecule has 0 aliphatic rings. The molecule has 0 heterocycles. The molecule has 0 aliphatic heterocycles. The predicted molar refractivity (Wildman–Crippen MR) is 95.2 cm³/mol. The number of hydrogen-bond donors (Lipinski definition) is 3. The van der Waals surface area contributed by atoms with Crippen molar-refractivity contribution in [3.8, 4) is 0 Å². The quantitative estimate of drug-likeness (QED) is 0.674. The van der Waals surface area contributed by atoms with Crippen LogP contribution in [0.1, 0.15) is 38.1 Å². The molecule has 0 atom stereocenters. The molecule has 0 aromatic heterocycles. The highest BCUT2D eigenvalue weighted by Crippen LogP contribution is 2.19. The van der Waals surface area contributed by atoms with Crippen LogP contribution in [0.3, 0.4) is 0 Å². The Morgan fingerprint density at radius 1 is 0.917 bits per heavy atom. The molecule has 0 saturated carbocycles. The molecule has 1 aromatic rings. The van der Waals surface area contributed by atoms with Crippen LogP contribution in [0.5, 0.6) is 0 Å². The van der Waals surface area contributed by atoms with Crippen LogP contribution in [0, 0.1) is 0 Å². The van der Waals surface area contributed by atoms with Gasteiger partial charge in [-0.1, -0.05) is 13.8 Å². The Bertz CT molecular complexity index is 563. The molecule has 0 spiro atoms. The van der Waals surface area contributed by atoms with Crippen molar-refractivity contribution in [1.82, 2.24) is 10.2 Å². The molecule has 0 unspecified atom stereocenters. The molecule has 0 saturated heterocycles. The fraction of sp³-hybridized carbons (Fsp3) is 0.471.